The fourth-order valence-corrected chi connectivity index (χ4v) is 3.28. The summed E-state index contributed by atoms with van der Waals surface area (Å²) in [5.74, 6) is 1.41. The Kier molecular flexibility index (Phi) is 3.78. The topological polar surface area (TPSA) is 38.2 Å². The highest BCUT2D eigenvalue weighted by molar-refractivity contribution is 5.34. The minimum Gasteiger partial charge on any atom is -0.378 e. The van der Waals surface area contributed by atoms with Crippen LogP contribution in [0.3, 0.4) is 0 Å². The highest BCUT2D eigenvalue weighted by Gasteiger charge is 2.35. The van der Waals surface area contributed by atoms with E-state index in [4.69, 9.17) is 14.7 Å². The Balaban J connectivity index is 2.13. The van der Waals surface area contributed by atoms with Crippen molar-refractivity contribution in [1.29, 1.82) is 0 Å². The van der Waals surface area contributed by atoms with Crippen molar-refractivity contribution in [1.82, 2.24) is 14.9 Å². The molecule has 0 N–H and O–H groups in total. The van der Waals surface area contributed by atoms with Crippen LogP contribution in [0.5, 0.6) is 0 Å². The molecule has 116 valence electrons. The van der Waals surface area contributed by atoms with Gasteiger partial charge in [0.15, 0.2) is 0 Å². The van der Waals surface area contributed by atoms with Crippen molar-refractivity contribution >= 4 is 0 Å². The minimum atomic E-state index is -0.0174. The number of ether oxygens (including phenoxy) is 1. The van der Waals surface area contributed by atoms with Gasteiger partial charge in [0.1, 0.15) is 5.82 Å². The summed E-state index contributed by atoms with van der Waals surface area (Å²) in [5.41, 5.74) is 3.83. The first kappa shape index (κ1) is 14.9. The van der Waals surface area contributed by atoms with E-state index in [9.17, 15) is 0 Å². The van der Waals surface area contributed by atoms with Crippen LogP contribution in [-0.4, -0.2) is 41.2 Å². The predicted octanol–water partition coefficient (Wildman–Crippen LogP) is 2.83. The molecule has 1 fully saturated rings. The first-order valence-corrected chi connectivity index (χ1v) is 8.11. The van der Waals surface area contributed by atoms with Gasteiger partial charge in [-0.05, 0) is 17.9 Å². The first-order chi connectivity index (χ1) is 9.88. The van der Waals surface area contributed by atoms with Crippen molar-refractivity contribution in [3.05, 3.63) is 22.8 Å². The van der Waals surface area contributed by atoms with Crippen LogP contribution in [0.4, 0.5) is 0 Å². The Morgan fingerprint density at radius 2 is 1.95 bits per heavy atom. The SMILES string of the molecule is CC(C)c1nc(C(C)(C)C)nc2c1CCN1CCOCC21. The van der Waals surface area contributed by atoms with Gasteiger partial charge in [0, 0.05) is 18.5 Å². The second kappa shape index (κ2) is 5.33. The molecule has 0 radical (unpaired) electrons. The minimum absolute atomic E-state index is 0.0174. The smallest absolute Gasteiger partial charge is 0.134 e. The molecule has 1 saturated heterocycles. The van der Waals surface area contributed by atoms with Crippen molar-refractivity contribution in [2.75, 3.05) is 26.3 Å². The van der Waals surface area contributed by atoms with Crippen LogP contribution in [0.25, 0.3) is 0 Å². The van der Waals surface area contributed by atoms with Gasteiger partial charge in [-0.2, -0.15) is 0 Å². The number of morpholine rings is 1. The molecule has 2 aliphatic heterocycles. The average molecular weight is 289 g/mol. The van der Waals surface area contributed by atoms with Gasteiger partial charge in [-0.3, -0.25) is 4.90 Å². The number of fused-ring (bicyclic) bond motifs is 3. The predicted molar refractivity (Wildman–Crippen MR) is 83.7 cm³/mol. The Morgan fingerprint density at radius 1 is 1.19 bits per heavy atom. The summed E-state index contributed by atoms with van der Waals surface area (Å²) in [6, 6.07) is 0.323. The standard InChI is InChI=1S/C17H27N3O/c1-11(2)14-12-6-7-20-8-9-21-10-13(20)15(12)19-16(18-14)17(3,4)5/h11,13H,6-10H2,1-5H3. The van der Waals surface area contributed by atoms with Crippen LogP contribution < -0.4 is 0 Å². The van der Waals surface area contributed by atoms with E-state index < -0.39 is 0 Å². The molecule has 1 aromatic heterocycles. The van der Waals surface area contributed by atoms with E-state index >= 15 is 0 Å². The zero-order valence-electron chi connectivity index (χ0n) is 13.9. The third-order valence-corrected chi connectivity index (χ3v) is 4.49. The molecule has 1 unspecified atom stereocenters. The van der Waals surface area contributed by atoms with Crippen molar-refractivity contribution < 1.29 is 4.74 Å². The fourth-order valence-electron chi connectivity index (χ4n) is 3.28. The summed E-state index contributed by atoms with van der Waals surface area (Å²) in [5, 5.41) is 0. The lowest BCUT2D eigenvalue weighted by atomic mass is 9.89. The third kappa shape index (κ3) is 2.71. The molecule has 3 heterocycles. The first-order valence-electron chi connectivity index (χ1n) is 8.11. The maximum absolute atomic E-state index is 5.72. The van der Waals surface area contributed by atoms with Crippen molar-refractivity contribution in [3.8, 4) is 0 Å². The average Bonchev–Trinajstić information content (AvgIpc) is 2.44. The van der Waals surface area contributed by atoms with Gasteiger partial charge in [0.05, 0.1) is 30.6 Å². The number of rotatable bonds is 1. The summed E-state index contributed by atoms with van der Waals surface area (Å²) in [7, 11) is 0. The normalized spacial score (nSPS) is 23.0. The molecule has 0 saturated carbocycles. The molecular weight excluding hydrogens is 262 g/mol. The van der Waals surface area contributed by atoms with Crippen LogP contribution in [0.15, 0.2) is 0 Å². The quantitative estimate of drug-likeness (QED) is 0.797. The lowest BCUT2D eigenvalue weighted by Gasteiger charge is -2.40. The summed E-state index contributed by atoms with van der Waals surface area (Å²) in [4.78, 5) is 12.4. The third-order valence-electron chi connectivity index (χ3n) is 4.49. The second-order valence-corrected chi connectivity index (χ2v) is 7.58. The molecule has 3 rings (SSSR count). The van der Waals surface area contributed by atoms with E-state index in [1.165, 1.54) is 17.0 Å². The molecule has 0 aliphatic carbocycles. The molecule has 0 amide bonds. The highest BCUT2D eigenvalue weighted by Crippen LogP contribution is 2.35. The van der Waals surface area contributed by atoms with Gasteiger partial charge in [0.2, 0.25) is 0 Å². The van der Waals surface area contributed by atoms with Crippen molar-refractivity contribution in [2.45, 2.75) is 58.4 Å². The van der Waals surface area contributed by atoms with Crippen LogP contribution in [-0.2, 0) is 16.6 Å². The van der Waals surface area contributed by atoms with E-state index in [0.29, 0.717) is 12.0 Å². The summed E-state index contributed by atoms with van der Waals surface area (Å²) < 4.78 is 5.72. The van der Waals surface area contributed by atoms with Gasteiger partial charge < -0.3 is 4.74 Å². The van der Waals surface area contributed by atoms with E-state index in [1.54, 1.807) is 0 Å². The maximum Gasteiger partial charge on any atom is 0.134 e. The number of nitrogens with zero attached hydrogens (tertiary/aromatic N) is 3. The monoisotopic (exact) mass is 289 g/mol. The van der Waals surface area contributed by atoms with Gasteiger partial charge in [-0.25, -0.2) is 9.97 Å². The molecule has 0 spiro atoms. The highest BCUT2D eigenvalue weighted by atomic mass is 16.5. The van der Waals surface area contributed by atoms with Crippen molar-refractivity contribution in [2.24, 2.45) is 0 Å². The summed E-state index contributed by atoms with van der Waals surface area (Å²) in [6.45, 7) is 14.8. The lowest BCUT2D eigenvalue weighted by Crippen LogP contribution is -2.45. The summed E-state index contributed by atoms with van der Waals surface area (Å²) >= 11 is 0. The fraction of sp³-hybridized carbons (Fsp3) is 0.765. The molecule has 4 heteroatoms. The Hall–Kier alpha value is -1.00. The Labute approximate surface area is 127 Å². The number of hydrogen-bond donors (Lipinski definition) is 0. The molecule has 21 heavy (non-hydrogen) atoms. The molecule has 1 aromatic rings. The zero-order chi connectivity index (χ0) is 15.2. The summed E-state index contributed by atoms with van der Waals surface area (Å²) in [6.07, 6.45) is 1.07. The van der Waals surface area contributed by atoms with Gasteiger partial charge in [0.25, 0.3) is 0 Å². The molecule has 2 aliphatic rings. The zero-order valence-corrected chi connectivity index (χ0v) is 13.9. The van der Waals surface area contributed by atoms with E-state index in [2.05, 4.69) is 39.5 Å². The Bertz CT molecular complexity index is 534. The van der Waals surface area contributed by atoms with Crippen LogP contribution in [0.2, 0.25) is 0 Å². The van der Waals surface area contributed by atoms with E-state index in [1.807, 2.05) is 0 Å². The van der Waals surface area contributed by atoms with Gasteiger partial charge in [-0.1, -0.05) is 34.6 Å². The van der Waals surface area contributed by atoms with Crippen molar-refractivity contribution in [3.63, 3.8) is 0 Å². The van der Waals surface area contributed by atoms with Gasteiger partial charge >= 0.3 is 0 Å². The van der Waals surface area contributed by atoms with E-state index in [-0.39, 0.29) is 5.41 Å². The molecule has 0 aromatic carbocycles. The number of aromatic nitrogens is 2. The number of hydrogen-bond acceptors (Lipinski definition) is 4. The Morgan fingerprint density at radius 3 is 2.62 bits per heavy atom. The molecular formula is C17H27N3O. The van der Waals surface area contributed by atoms with Crippen LogP contribution in [0, 0.1) is 0 Å². The maximum atomic E-state index is 5.72. The molecule has 1 atom stereocenters. The van der Waals surface area contributed by atoms with Gasteiger partial charge in [-0.15, -0.1) is 0 Å². The molecule has 0 bridgehead atoms. The van der Waals surface area contributed by atoms with Crippen LogP contribution >= 0.6 is 0 Å². The molecule has 4 nitrogen and oxygen atoms in total. The second-order valence-electron chi connectivity index (χ2n) is 7.58. The van der Waals surface area contributed by atoms with E-state index in [0.717, 1.165) is 38.5 Å². The lowest BCUT2D eigenvalue weighted by molar-refractivity contribution is -0.0150. The largest absolute Gasteiger partial charge is 0.378 e. The van der Waals surface area contributed by atoms with Crippen LogP contribution in [0.1, 0.15) is 69.4 Å².